The van der Waals surface area contributed by atoms with Crippen molar-refractivity contribution in [2.45, 2.75) is 12.8 Å². The monoisotopic (exact) mass is 204 g/mol. The van der Waals surface area contributed by atoms with E-state index in [4.69, 9.17) is 0 Å². The maximum atomic E-state index is 10.6. The predicted octanol–water partition coefficient (Wildman–Crippen LogP) is 2.05. The van der Waals surface area contributed by atoms with Crippen LogP contribution >= 0.6 is 11.3 Å². The van der Waals surface area contributed by atoms with E-state index in [1.54, 1.807) is 11.3 Å². The number of imidazole rings is 1. The first-order valence-electron chi connectivity index (χ1n) is 4.49. The second-order valence-electron chi connectivity index (χ2n) is 3.32. The van der Waals surface area contributed by atoms with Gasteiger partial charge < -0.3 is 4.98 Å². The number of carbonyl (C=O) groups excluding carboxylic acids is 1. The zero-order chi connectivity index (χ0) is 9.54. The molecule has 3 rings (SSSR count). The second-order valence-corrected chi connectivity index (χ2v) is 4.33. The first-order valence-corrected chi connectivity index (χ1v) is 5.37. The van der Waals surface area contributed by atoms with Crippen LogP contribution in [0.2, 0.25) is 0 Å². The second kappa shape index (κ2) is 2.78. The van der Waals surface area contributed by atoms with E-state index in [1.165, 1.54) is 10.4 Å². The molecule has 0 fully saturated rings. The fourth-order valence-electron chi connectivity index (χ4n) is 1.87. The number of nitrogens with zero attached hydrogens (tertiary/aromatic N) is 1. The van der Waals surface area contributed by atoms with Crippen molar-refractivity contribution in [2.75, 3.05) is 0 Å². The van der Waals surface area contributed by atoms with Crippen LogP contribution in [0.1, 0.15) is 21.2 Å². The van der Waals surface area contributed by atoms with Gasteiger partial charge in [0.25, 0.3) is 0 Å². The van der Waals surface area contributed by atoms with Gasteiger partial charge in [0.05, 0.1) is 5.69 Å². The minimum Gasteiger partial charge on any atom is -0.339 e. The number of aromatic amines is 1. The molecular weight excluding hydrogens is 196 g/mol. The average Bonchev–Trinajstić information content (AvgIpc) is 2.82. The minimum absolute atomic E-state index is 0.439. The number of carbonyl (C=O) groups is 1. The van der Waals surface area contributed by atoms with Crippen molar-refractivity contribution in [3.8, 4) is 11.3 Å². The van der Waals surface area contributed by atoms with Crippen molar-refractivity contribution >= 4 is 17.6 Å². The van der Waals surface area contributed by atoms with Crippen molar-refractivity contribution in [1.82, 2.24) is 9.97 Å². The Morgan fingerprint density at radius 1 is 1.50 bits per heavy atom. The van der Waals surface area contributed by atoms with E-state index in [-0.39, 0.29) is 0 Å². The van der Waals surface area contributed by atoms with Crippen LogP contribution in [0.3, 0.4) is 0 Å². The molecule has 0 saturated heterocycles. The molecular formula is C10H8N2OS. The lowest BCUT2D eigenvalue weighted by Gasteiger charge is -2.09. The summed E-state index contributed by atoms with van der Waals surface area (Å²) >= 11 is 1.76. The number of aromatic nitrogens is 2. The molecule has 70 valence electrons. The highest BCUT2D eigenvalue weighted by Gasteiger charge is 2.20. The quantitative estimate of drug-likeness (QED) is 0.722. The molecule has 4 heteroatoms. The minimum atomic E-state index is 0.439. The van der Waals surface area contributed by atoms with Gasteiger partial charge >= 0.3 is 0 Å². The van der Waals surface area contributed by atoms with Gasteiger partial charge in [0, 0.05) is 16.1 Å². The summed E-state index contributed by atoms with van der Waals surface area (Å²) in [5, 5.41) is 2.08. The largest absolute Gasteiger partial charge is 0.339 e. The van der Waals surface area contributed by atoms with Gasteiger partial charge in [0.2, 0.25) is 0 Å². The van der Waals surface area contributed by atoms with E-state index < -0.39 is 0 Å². The molecule has 1 aliphatic carbocycles. The molecule has 0 atom stereocenters. The standard InChI is InChI=1S/C10H8N2OS/c13-5-9-11-7-1-2-8-6(3-4-14-8)10(7)12-9/h3-5H,1-2H2,(H,11,12). The van der Waals surface area contributed by atoms with Gasteiger partial charge in [-0.15, -0.1) is 11.3 Å². The van der Waals surface area contributed by atoms with Crippen LogP contribution in [-0.4, -0.2) is 16.3 Å². The molecule has 2 aromatic heterocycles. The summed E-state index contributed by atoms with van der Waals surface area (Å²) in [5.74, 6) is 0.439. The molecule has 1 N–H and O–H groups in total. The first kappa shape index (κ1) is 7.94. The van der Waals surface area contributed by atoms with Gasteiger partial charge in [0.15, 0.2) is 12.1 Å². The Labute approximate surface area is 84.8 Å². The lowest BCUT2D eigenvalue weighted by Crippen LogP contribution is -1.99. The summed E-state index contributed by atoms with van der Waals surface area (Å²) in [5.41, 5.74) is 3.26. The van der Waals surface area contributed by atoms with E-state index >= 15 is 0 Å². The van der Waals surface area contributed by atoms with Gasteiger partial charge in [-0.3, -0.25) is 4.79 Å². The molecule has 0 amide bonds. The van der Waals surface area contributed by atoms with E-state index in [0.29, 0.717) is 5.82 Å². The molecule has 2 aromatic rings. The van der Waals surface area contributed by atoms with Crippen LogP contribution in [0.5, 0.6) is 0 Å². The SMILES string of the molecule is O=Cc1nc2c([nH]1)CCc1sccc1-2. The van der Waals surface area contributed by atoms with Crippen LogP contribution < -0.4 is 0 Å². The first-order chi connectivity index (χ1) is 6.88. The summed E-state index contributed by atoms with van der Waals surface area (Å²) in [6.45, 7) is 0. The van der Waals surface area contributed by atoms with Gasteiger partial charge in [-0.2, -0.15) is 0 Å². The normalized spacial score (nSPS) is 13.4. The predicted molar refractivity (Wildman–Crippen MR) is 54.7 cm³/mol. The summed E-state index contributed by atoms with van der Waals surface area (Å²) < 4.78 is 0. The number of H-pyrrole nitrogens is 1. The molecule has 3 nitrogen and oxygen atoms in total. The molecule has 0 aromatic carbocycles. The van der Waals surface area contributed by atoms with Gasteiger partial charge in [0.1, 0.15) is 0 Å². The van der Waals surface area contributed by atoms with Crippen LogP contribution in [-0.2, 0) is 12.8 Å². The lowest BCUT2D eigenvalue weighted by molar-refractivity contribution is 0.111. The van der Waals surface area contributed by atoms with E-state index in [9.17, 15) is 4.79 Å². The highest BCUT2D eigenvalue weighted by atomic mass is 32.1. The maximum Gasteiger partial charge on any atom is 0.185 e. The van der Waals surface area contributed by atoms with Crippen molar-refractivity contribution in [2.24, 2.45) is 0 Å². The van der Waals surface area contributed by atoms with Crippen molar-refractivity contribution in [3.05, 3.63) is 27.8 Å². The number of rotatable bonds is 1. The molecule has 14 heavy (non-hydrogen) atoms. The third kappa shape index (κ3) is 0.974. The summed E-state index contributed by atoms with van der Waals surface area (Å²) in [7, 11) is 0. The number of hydrogen-bond acceptors (Lipinski definition) is 3. The Bertz CT molecular complexity index is 498. The molecule has 0 aliphatic heterocycles. The number of nitrogens with one attached hydrogen (secondary N) is 1. The fraction of sp³-hybridized carbons (Fsp3) is 0.200. The van der Waals surface area contributed by atoms with Gasteiger partial charge in [-0.25, -0.2) is 4.98 Å². The van der Waals surface area contributed by atoms with Crippen LogP contribution in [0.15, 0.2) is 11.4 Å². The molecule has 2 heterocycles. The Kier molecular flexibility index (Phi) is 1.58. The Balaban J connectivity index is 2.24. The smallest absolute Gasteiger partial charge is 0.185 e. The summed E-state index contributed by atoms with van der Waals surface area (Å²) in [6.07, 6.45) is 2.79. The number of thiophene rings is 1. The Morgan fingerprint density at radius 2 is 2.43 bits per heavy atom. The lowest BCUT2D eigenvalue weighted by atomic mass is 10.0. The number of hydrogen-bond donors (Lipinski definition) is 1. The Hall–Kier alpha value is -1.42. The van der Waals surface area contributed by atoms with Crippen LogP contribution in [0, 0.1) is 0 Å². The Morgan fingerprint density at radius 3 is 3.29 bits per heavy atom. The topological polar surface area (TPSA) is 45.8 Å². The van der Waals surface area contributed by atoms with Crippen molar-refractivity contribution in [3.63, 3.8) is 0 Å². The molecule has 0 saturated carbocycles. The van der Waals surface area contributed by atoms with Crippen LogP contribution in [0.25, 0.3) is 11.3 Å². The molecule has 1 aliphatic rings. The zero-order valence-electron chi connectivity index (χ0n) is 7.41. The number of aldehydes is 1. The highest BCUT2D eigenvalue weighted by Crippen LogP contribution is 2.34. The van der Waals surface area contributed by atoms with E-state index in [1.807, 2.05) is 0 Å². The fourth-order valence-corrected chi connectivity index (χ4v) is 2.75. The summed E-state index contributed by atoms with van der Waals surface area (Å²) in [4.78, 5) is 19.3. The van der Waals surface area contributed by atoms with Crippen molar-refractivity contribution in [1.29, 1.82) is 0 Å². The summed E-state index contributed by atoms with van der Waals surface area (Å²) in [6, 6.07) is 2.08. The van der Waals surface area contributed by atoms with E-state index in [0.717, 1.165) is 30.5 Å². The van der Waals surface area contributed by atoms with Crippen molar-refractivity contribution < 1.29 is 4.79 Å². The van der Waals surface area contributed by atoms with Crippen LogP contribution in [0.4, 0.5) is 0 Å². The highest BCUT2D eigenvalue weighted by molar-refractivity contribution is 7.10. The number of aryl methyl sites for hydroxylation is 2. The van der Waals surface area contributed by atoms with Gasteiger partial charge in [-0.1, -0.05) is 0 Å². The third-order valence-electron chi connectivity index (χ3n) is 2.51. The maximum absolute atomic E-state index is 10.6. The number of fused-ring (bicyclic) bond motifs is 3. The third-order valence-corrected chi connectivity index (χ3v) is 3.49. The molecule has 0 spiro atoms. The molecule has 0 unspecified atom stereocenters. The van der Waals surface area contributed by atoms with Gasteiger partial charge in [-0.05, 0) is 24.3 Å². The average molecular weight is 204 g/mol. The molecule has 0 bridgehead atoms. The van der Waals surface area contributed by atoms with E-state index in [2.05, 4.69) is 21.4 Å². The molecule has 0 radical (unpaired) electrons. The zero-order valence-corrected chi connectivity index (χ0v) is 8.23.